The number of hydrogen-bond donors (Lipinski definition) is 1. The van der Waals surface area contributed by atoms with Gasteiger partial charge in [-0.1, -0.05) is 13.8 Å². The van der Waals surface area contributed by atoms with Gasteiger partial charge in [0.1, 0.15) is 0 Å². The molecule has 21 heavy (non-hydrogen) atoms. The molecule has 3 fully saturated rings. The number of likely N-dealkylation sites (tertiary alicyclic amines) is 2. The van der Waals surface area contributed by atoms with Crippen molar-refractivity contribution in [1.82, 2.24) is 15.1 Å². The van der Waals surface area contributed by atoms with Gasteiger partial charge in [-0.15, -0.1) is 0 Å². The van der Waals surface area contributed by atoms with E-state index < -0.39 is 0 Å². The van der Waals surface area contributed by atoms with Crippen LogP contribution in [-0.4, -0.2) is 61.2 Å². The summed E-state index contributed by atoms with van der Waals surface area (Å²) >= 11 is 0. The van der Waals surface area contributed by atoms with Crippen molar-refractivity contribution in [1.29, 1.82) is 0 Å². The van der Waals surface area contributed by atoms with Gasteiger partial charge >= 0.3 is 0 Å². The lowest BCUT2D eigenvalue weighted by atomic mass is 9.88. The second-order valence-corrected chi connectivity index (χ2v) is 8.03. The van der Waals surface area contributed by atoms with Crippen LogP contribution in [0.3, 0.4) is 0 Å². The SMILES string of the molecule is CC(C)CN1CCC(N2CCCC(C3CCCN3)C2)CC1. The second kappa shape index (κ2) is 7.43. The Morgan fingerprint density at radius 2 is 1.81 bits per heavy atom. The molecule has 3 saturated heterocycles. The molecule has 2 atom stereocenters. The Morgan fingerprint density at radius 1 is 1.00 bits per heavy atom. The fourth-order valence-corrected chi connectivity index (χ4v) is 4.80. The highest BCUT2D eigenvalue weighted by atomic mass is 15.2. The number of rotatable bonds is 4. The van der Waals surface area contributed by atoms with Crippen molar-refractivity contribution in [3.63, 3.8) is 0 Å². The zero-order valence-corrected chi connectivity index (χ0v) is 14.2. The van der Waals surface area contributed by atoms with E-state index in [0.29, 0.717) is 0 Å². The number of hydrogen-bond acceptors (Lipinski definition) is 3. The van der Waals surface area contributed by atoms with Crippen LogP contribution in [0.5, 0.6) is 0 Å². The molecule has 3 aliphatic rings. The molecule has 3 aliphatic heterocycles. The zero-order chi connectivity index (χ0) is 14.7. The molecule has 0 amide bonds. The van der Waals surface area contributed by atoms with Crippen molar-refractivity contribution < 1.29 is 0 Å². The van der Waals surface area contributed by atoms with Gasteiger partial charge in [-0.25, -0.2) is 0 Å². The lowest BCUT2D eigenvalue weighted by molar-refractivity contribution is 0.0605. The third-order valence-electron chi connectivity index (χ3n) is 5.85. The molecule has 3 heteroatoms. The molecule has 0 saturated carbocycles. The van der Waals surface area contributed by atoms with Crippen LogP contribution in [0.25, 0.3) is 0 Å². The molecule has 0 aromatic carbocycles. The van der Waals surface area contributed by atoms with E-state index in [-0.39, 0.29) is 0 Å². The van der Waals surface area contributed by atoms with Crippen LogP contribution in [-0.2, 0) is 0 Å². The third kappa shape index (κ3) is 4.20. The summed E-state index contributed by atoms with van der Waals surface area (Å²) in [5, 5.41) is 3.74. The quantitative estimate of drug-likeness (QED) is 0.859. The van der Waals surface area contributed by atoms with Gasteiger partial charge in [0.05, 0.1) is 0 Å². The highest BCUT2D eigenvalue weighted by Gasteiger charge is 2.33. The summed E-state index contributed by atoms with van der Waals surface area (Å²) in [4.78, 5) is 5.53. The second-order valence-electron chi connectivity index (χ2n) is 8.03. The summed E-state index contributed by atoms with van der Waals surface area (Å²) in [6.45, 7) is 12.6. The van der Waals surface area contributed by atoms with Gasteiger partial charge in [0, 0.05) is 25.2 Å². The topological polar surface area (TPSA) is 18.5 Å². The predicted molar refractivity (Wildman–Crippen MR) is 89.6 cm³/mol. The maximum Gasteiger partial charge on any atom is 0.0120 e. The van der Waals surface area contributed by atoms with E-state index in [2.05, 4.69) is 29.0 Å². The molecule has 3 heterocycles. The number of piperidine rings is 2. The van der Waals surface area contributed by atoms with Crippen molar-refractivity contribution in [3.05, 3.63) is 0 Å². The Hall–Kier alpha value is -0.120. The van der Waals surface area contributed by atoms with Crippen molar-refractivity contribution in [2.24, 2.45) is 11.8 Å². The van der Waals surface area contributed by atoms with Gasteiger partial charge in [-0.05, 0) is 76.5 Å². The van der Waals surface area contributed by atoms with E-state index >= 15 is 0 Å². The van der Waals surface area contributed by atoms with Crippen LogP contribution in [0.15, 0.2) is 0 Å². The largest absolute Gasteiger partial charge is 0.314 e. The molecule has 0 aliphatic carbocycles. The molecule has 3 rings (SSSR count). The Kier molecular flexibility index (Phi) is 5.58. The van der Waals surface area contributed by atoms with E-state index in [9.17, 15) is 0 Å². The van der Waals surface area contributed by atoms with Gasteiger partial charge < -0.3 is 10.2 Å². The first-order chi connectivity index (χ1) is 10.2. The van der Waals surface area contributed by atoms with E-state index in [0.717, 1.165) is 23.9 Å². The Bertz CT molecular complexity index is 304. The highest BCUT2D eigenvalue weighted by molar-refractivity contribution is 4.89. The Balaban J connectivity index is 1.46. The summed E-state index contributed by atoms with van der Waals surface area (Å²) in [5.74, 6) is 1.74. The van der Waals surface area contributed by atoms with Crippen LogP contribution >= 0.6 is 0 Å². The van der Waals surface area contributed by atoms with Crippen molar-refractivity contribution in [2.45, 2.75) is 64.5 Å². The molecule has 122 valence electrons. The minimum Gasteiger partial charge on any atom is -0.314 e. The van der Waals surface area contributed by atoms with Crippen LogP contribution in [0.2, 0.25) is 0 Å². The molecule has 3 nitrogen and oxygen atoms in total. The van der Waals surface area contributed by atoms with Crippen LogP contribution in [0, 0.1) is 11.8 Å². The summed E-state index contributed by atoms with van der Waals surface area (Å²) in [6, 6.07) is 1.70. The molecule has 0 spiro atoms. The molecular weight excluding hydrogens is 258 g/mol. The van der Waals surface area contributed by atoms with Gasteiger partial charge in [0.25, 0.3) is 0 Å². The molecule has 2 unspecified atom stereocenters. The average molecular weight is 293 g/mol. The first-order valence-electron chi connectivity index (χ1n) is 9.42. The Labute approximate surface area is 131 Å². The van der Waals surface area contributed by atoms with E-state index in [1.807, 2.05) is 0 Å². The van der Waals surface area contributed by atoms with Gasteiger partial charge in [-0.3, -0.25) is 4.90 Å². The van der Waals surface area contributed by atoms with Gasteiger partial charge in [-0.2, -0.15) is 0 Å². The Morgan fingerprint density at radius 3 is 2.48 bits per heavy atom. The van der Waals surface area contributed by atoms with Crippen molar-refractivity contribution >= 4 is 0 Å². The fraction of sp³-hybridized carbons (Fsp3) is 1.00. The summed E-state index contributed by atoms with van der Waals surface area (Å²) in [6.07, 6.45) is 8.50. The maximum atomic E-state index is 3.74. The summed E-state index contributed by atoms with van der Waals surface area (Å²) in [5.41, 5.74) is 0. The maximum absolute atomic E-state index is 3.74. The smallest absolute Gasteiger partial charge is 0.0120 e. The van der Waals surface area contributed by atoms with Gasteiger partial charge in [0.15, 0.2) is 0 Å². The van der Waals surface area contributed by atoms with Crippen LogP contribution < -0.4 is 5.32 Å². The van der Waals surface area contributed by atoms with Gasteiger partial charge in [0.2, 0.25) is 0 Å². The van der Waals surface area contributed by atoms with Crippen molar-refractivity contribution in [3.8, 4) is 0 Å². The summed E-state index contributed by atoms with van der Waals surface area (Å²) < 4.78 is 0. The molecular formula is C18H35N3. The first-order valence-corrected chi connectivity index (χ1v) is 9.42. The van der Waals surface area contributed by atoms with Crippen LogP contribution in [0.1, 0.15) is 52.4 Å². The summed E-state index contributed by atoms with van der Waals surface area (Å²) in [7, 11) is 0. The standard InChI is InChI=1S/C18H35N3/c1-15(2)13-20-11-7-17(8-12-20)21-10-4-5-16(14-21)18-6-3-9-19-18/h15-19H,3-14H2,1-2H3. The molecule has 0 aromatic heterocycles. The predicted octanol–water partition coefficient (Wildman–Crippen LogP) is 2.57. The zero-order valence-electron chi connectivity index (χ0n) is 14.2. The minimum atomic E-state index is 0.814. The number of nitrogens with one attached hydrogen (secondary N) is 1. The van der Waals surface area contributed by atoms with E-state index in [1.54, 1.807) is 0 Å². The van der Waals surface area contributed by atoms with E-state index in [4.69, 9.17) is 0 Å². The fourth-order valence-electron chi connectivity index (χ4n) is 4.80. The molecule has 1 N–H and O–H groups in total. The van der Waals surface area contributed by atoms with Crippen molar-refractivity contribution in [2.75, 3.05) is 39.3 Å². The lowest BCUT2D eigenvalue weighted by Gasteiger charge is -2.43. The molecule has 0 aromatic rings. The van der Waals surface area contributed by atoms with Crippen LogP contribution in [0.4, 0.5) is 0 Å². The number of nitrogens with zero attached hydrogens (tertiary/aromatic N) is 2. The highest BCUT2D eigenvalue weighted by Crippen LogP contribution is 2.28. The monoisotopic (exact) mass is 293 g/mol. The third-order valence-corrected chi connectivity index (χ3v) is 5.85. The molecule has 0 radical (unpaired) electrons. The normalized spacial score (nSPS) is 33.9. The first kappa shape index (κ1) is 15.8. The molecule has 0 bridgehead atoms. The van der Waals surface area contributed by atoms with E-state index in [1.165, 1.54) is 77.8 Å². The average Bonchev–Trinajstić information content (AvgIpc) is 3.02. The minimum absolute atomic E-state index is 0.814. The lowest BCUT2D eigenvalue weighted by Crippen LogP contribution is -2.51.